The van der Waals surface area contributed by atoms with Gasteiger partial charge in [-0.2, -0.15) is 4.99 Å². The molecular weight excluding hydrogens is 230 g/mol. The van der Waals surface area contributed by atoms with Gasteiger partial charge >= 0.3 is 5.97 Å². The molecule has 2 atom stereocenters. The van der Waals surface area contributed by atoms with Crippen LogP contribution in [0.25, 0.3) is 0 Å². The summed E-state index contributed by atoms with van der Waals surface area (Å²) in [6, 6.07) is 6.09. The van der Waals surface area contributed by atoms with Crippen molar-refractivity contribution in [2.45, 2.75) is 12.2 Å². The van der Waals surface area contributed by atoms with Crippen molar-refractivity contribution < 1.29 is 20.1 Å². The van der Waals surface area contributed by atoms with Gasteiger partial charge in [0.15, 0.2) is 6.10 Å². The van der Waals surface area contributed by atoms with E-state index in [1.165, 1.54) is 12.1 Å². The average molecular weight is 239 g/mol. The Balaban J connectivity index is 2.99. The van der Waals surface area contributed by atoms with Gasteiger partial charge in [-0.05, 0) is 29.9 Å². The summed E-state index contributed by atoms with van der Waals surface area (Å²) in [5.74, 6) is -1.49. The van der Waals surface area contributed by atoms with Gasteiger partial charge in [-0.1, -0.05) is 12.1 Å². The fourth-order valence-electron chi connectivity index (χ4n) is 1.15. The van der Waals surface area contributed by atoms with Crippen molar-refractivity contribution >= 4 is 29.0 Å². The minimum absolute atomic E-state index is 0.251. The zero-order valence-electron chi connectivity index (χ0n) is 8.07. The maximum absolute atomic E-state index is 10.5. The SMILES string of the molecule is O=C(O)C(O)C(O)c1cccc(N=C=S)c1. The summed E-state index contributed by atoms with van der Waals surface area (Å²) in [4.78, 5) is 14.1. The lowest BCUT2D eigenvalue weighted by atomic mass is 10.0. The van der Waals surface area contributed by atoms with Crippen molar-refractivity contribution in [3.05, 3.63) is 29.8 Å². The van der Waals surface area contributed by atoms with Gasteiger partial charge < -0.3 is 15.3 Å². The quantitative estimate of drug-likeness (QED) is 0.536. The number of carbonyl (C=O) groups is 1. The molecule has 1 rings (SSSR count). The Labute approximate surface area is 96.7 Å². The topological polar surface area (TPSA) is 90.1 Å². The second kappa shape index (κ2) is 5.48. The highest BCUT2D eigenvalue weighted by Crippen LogP contribution is 2.21. The van der Waals surface area contributed by atoms with Crippen LogP contribution in [0.1, 0.15) is 11.7 Å². The molecule has 0 aliphatic rings. The second-order valence-corrected chi connectivity index (χ2v) is 3.21. The van der Waals surface area contributed by atoms with E-state index in [0.717, 1.165) is 0 Å². The van der Waals surface area contributed by atoms with E-state index in [0.29, 0.717) is 5.69 Å². The third-order valence-electron chi connectivity index (χ3n) is 1.94. The monoisotopic (exact) mass is 239 g/mol. The van der Waals surface area contributed by atoms with Gasteiger partial charge in [-0.15, -0.1) is 0 Å². The molecule has 0 saturated heterocycles. The second-order valence-electron chi connectivity index (χ2n) is 3.03. The third kappa shape index (κ3) is 2.95. The molecule has 1 aromatic carbocycles. The Morgan fingerprint density at radius 2 is 2.12 bits per heavy atom. The molecule has 0 spiro atoms. The largest absolute Gasteiger partial charge is 0.479 e. The van der Waals surface area contributed by atoms with Crippen LogP contribution >= 0.6 is 12.2 Å². The van der Waals surface area contributed by atoms with E-state index in [2.05, 4.69) is 22.4 Å². The van der Waals surface area contributed by atoms with E-state index in [4.69, 9.17) is 10.2 Å². The van der Waals surface area contributed by atoms with E-state index in [1.54, 1.807) is 12.1 Å². The predicted molar refractivity (Wildman–Crippen MR) is 59.7 cm³/mol. The standard InChI is InChI=1S/C10H9NO4S/c12-8(9(13)10(14)15)6-2-1-3-7(4-6)11-5-16/h1-4,8-9,12-13H,(H,14,15). The first-order valence-corrected chi connectivity index (χ1v) is 4.74. The van der Waals surface area contributed by atoms with Gasteiger partial charge in [0, 0.05) is 0 Å². The van der Waals surface area contributed by atoms with Crippen LogP contribution in [-0.4, -0.2) is 32.6 Å². The third-order valence-corrected chi connectivity index (χ3v) is 2.03. The van der Waals surface area contributed by atoms with Gasteiger partial charge in [0.2, 0.25) is 0 Å². The number of isothiocyanates is 1. The predicted octanol–water partition coefficient (Wildman–Crippen LogP) is 0.900. The van der Waals surface area contributed by atoms with Crippen LogP contribution in [0.5, 0.6) is 0 Å². The first kappa shape index (κ1) is 12.5. The number of hydrogen-bond acceptors (Lipinski definition) is 5. The normalized spacial score (nSPS) is 13.6. The van der Waals surface area contributed by atoms with Crippen LogP contribution in [0.3, 0.4) is 0 Å². The number of hydrogen-bond donors (Lipinski definition) is 3. The van der Waals surface area contributed by atoms with Crippen molar-refractivity contribution in [1.82, 2.24) is 0 Å². The highest BCUT2D eigenvalue weighted by atomic mass is 32.1. The van der Waals surface area contributed by atoms with Gasteiger partial charge in [-0.25, -0.2) is 4.79 Å². The molecule has 3 N–H and O–H groups in total. The molecule has 0 heterocycles. The minimum Gasteiger partial charge on any atom is -0.479 e. The molecule has 0 radical (unpaired) electrons. The number of aliphatic imine (C=N–C) groups is 1. The lowest BCUT2D eigenvalue weighted by Gasteiger charge is -2.14. The maximum Gasteiger partial charge on any atom is 0.335 e. The van der Waals surface area contributed by atoms with Gasteiger partial charge in [-0.3, -0.25) is 0 Å². The Morgan fingerprint density at radius 1 is 1.44 bits per heavy atom. The molecule has 0 aliphatic heterocycles. The molecule has 2 unspecified atom stereocenters. The summed E-state index contributed by atoms with van der Waals surface area (Å²) in [6.45, 7) is 0. The lowest BCUT2D eigenvalue weighted by molar-refractivity contribution is -0.153. The number of carboxylic acids is 1. The number of aliphatic hydroxyl groups is 2. The number of thiocarbonyl (C=S) groups is 1. The van der Waals surface area contributed by atoms with Crippen LogP contribution in [0, 0.1) is 0 Å². The van der Waals surface area contributed by atoms with E-state index in [9.17, 15) is 9.90 Å². The molecule has 84 valence electrons. The summed E-state index contributed by atoms with van der Waals surface area (Å²) in [5.41, 5.74) is 0.686. The highest BCUT2D eigenvalue weighted by Gasteiger charge is 2.25. The Morgan fingerprint density at radius 3 is 2.69 bits per heavy atom. The van der Waals surface area contributed by atoms with Crippen LogP contribution in [-0.2, 0) is 4.79 Å². The molecule has 0 amide bonds. The summed E-state index contributed by atoms with van der Waals surface area (Å²) in [5, 5.41) is 29.4. The number of aliphatic hydroxyl groups excluding tert-OH is 2. The first-order chi connectivity index (χ1) is 7.56. The first-order valence-electron chi connectivity index (χ1n) is 4.33. The van der Waals surface area contributed by atoms with Gasteiger partial charge in [0.25, 0.3) is 0 Å². The molecular formula is C10H9NO4S. The Bertz CT molecular complexity index is 442. The molecule has 1 aromatic rings. The molecule has 0 aliphatic carbocycles. The fourth-order valence-corrected chi connectivity index (χ4v) is 1.25. The van der Waals surface area contributed by atoms with E-state index in [1.807, 2.05) is 0 Å². The van der Waals surface area contributed by atoms with Crippen molar-refractivity contribution in [2.75, 3.05) is 0 Å². The van der Waals surface area contributed by atoms with Crippen LogP contribution < -0.4 is 0 Å². The molecule has 0 fully saturated rings. The zero-order valence-corrected chi connectivity index (χ0v) is 8.89. The summed E-state index contributed by atoms with van der Waals surface area (Å²) < 4.78 is 0. The van der Waals surface area contributed by atoms with Crippen LogP contribution in [0.2, 0.25) is 0 Å². The van der Waals surface area contributed by atoms with E-state index >= 15 is 0 Å². The number of aliphatic carboxylic acids is 1. The van der Waals surface area contributed by atoms with Gasteiger partial charge in [0.1, 0.15) is 6.10 Å². The van der Waals surface area contributed by atoms with Gasteiger partial charge in [0.05, 0.1) is 10.8 Å². The summed E-state index contributed by atoms with van der Waals surface area (Å²) in [7, 11) is 0. The van der Waals surface area contributed by atoms with Crippen molar-refractivity contribution in [3.8, 4) is 0 Å². The number of carboxylic acid groups (broad SMARTS) is 1. The minimum atomic E-state index is -1.87. The maximum atomic E-state index is 10.5. The molecule has 0 saturated carbocycles. The number of rotatable bonds is 4. The van der Waals surface area contributed by atoms with Crippen LogP contribution in [0.15, 0.2) is 29.3 Å². The summed E-state index contributed by atoms with van der Waals surface area (Å²) >= 11 is 4.41. The van der Waals surface area contributed by atoms with Crippen LogP contribution in [0.4, 0.5) is 5.69 Å². The van der Waals surface area contributed by atoms with Crippen molar-refractivity contribution in [2.24, 2.45) is 4.99 Å². The molecule has 16 heavy (non-hydrogen) atoms. The Kier molecular flexibility index (Phi) is 4.28. The zero-order chi connectivity index (χ0) is 12.1. The van der Waals surface area contributed by atoms with Crippen molar-refractivity contribution in [3.63, 3.8) is 0 Å². The fraction of sp³-hybridized carbons (Fsp3) is 0.200. The van der Waals surface area contributed by atoms with E-state index < -0.39 is 18.2 Å². The lowest BCUT2D eigenvalue weighted by Crippen LogP contribution is -2.27. The molecule has 6 heteroatoms. The summed E-state index contributed by atoms with van der Waals surface area (Å²) in [6.07, 6.45) is -3.37. The number of nitrogens with zero attached hydrogens (tertiary/aromatic N) is 1. The average Bonchev–Trinajstić information content (AvgIpc) is 2.28. The highest BCUT2D eigenvalue weighted by molar-refractivity contribution is 7.78. The molecule has 0 bridgehead atoms. The molecule has 0 aromatic heterocycles. The van der Waals surface area contributed by atoms with Crippen molar-refractivity contribution in [1.29, 1.82) is 0 Å². The number of benzene rings is 1. The Hall–Kier alpha value is -1.59. The smallest absolute Gasteiger partial charge is 0.335 e. The van der Waals surface area contributed by atoms with E-state index in [-0.39, 0.29) is 5.56 Å². The molecule has 5 nitrogen and oxygen atoms in total.